The number of alkyl halides is 3. The average Bonchev–Trinajstić information content (AvgIpc) is 2.79. The van der Waals surface area contributed by atoms with Gasteiger partial charge in [-0.1, -0.05) is 0 Å². The number of nitrogens with zero attached hydrogens (tertiary/aromatic N) is 2. The SMILES string of the molecule is COc1ccc(S(=O)(=O)N2CCN(C(C)C(=O)Nc3ccc(OC(F)(F)F)cc3)CC2)cc1. The van der Waals surface area contributed by atoms with Gasteiger partial charge in [-0.15, -0.1) is 13.2 Å². The van der Waals surface area contributed by atoms with Gasteiger partial charge in [0.1, 0.15) is 11.5 Å². The van der Waals surface area contributed by atoms with Crippen molar-refractivity contribution in [3.05, 3.63) is 48.5 Å². The van der Waals surface area contributed by atoms with E-state index in [1.165, 1.54) is 35.7 Å². The van der Waals surface area contributed by atoms with Crippen LogP contribution in [0.25, 0.3) is 0 Å². The van der Waals surface area contributed by atoms with Crippen LogP contribution in [0.4, 0.5) is 18.9 Å². The number of rotatable bonds is 7. The number of hydrogen-bond donors (Lipinski definition) is 1. The van der Waals surface area contributed by atoms with Crippen molar-refractivity contribution in [2.24, 2.45) is 0 Å². The highest BCUT2D eigenvalue weighted by molar-refractivity contribution is 7.89. The van der Waals surface area contributed by atoms with Crippen LogP contribution >= 0.6 is 0 Å². The van der Waals surface area contributed by atoms with Crippen molar-refractivity contribution >= 4 is 21.6 Å². The number of carbonyl (C=O) groups excluding carboxylic acids is 1. The number of carbonyl (C=O) groups is 1. The maximum Gasteiger partial charge on any atom is 0.573 e. The molecule has 3 rings (SSSR count). The minimum Gasteiger partial charge on any atom is -0.497 e. The fourth-order valence-electron chi connectivity index (χ4n) is 3.38. The van der Waals surface area contributed by atoms with Crippen LogP contribution in [0.5, 0.6) is 11.5 Å². The van der Waals surface area contributed by atoms with E-state index >= 15 is 0 Å². The minimum absolute atomic E-state index is 0.167. The second kappa shape index (κ2) is 9.98. The summed E-state index contributed by atoms with van der Waals surface area (Å²) >= 11 is 0. The summed E-state index contributed by atoms with van der Waals surface area (Å²) in [6.45, 7) is 2.82. The van der Waals surface area contributed by atoms with Gasteiger partial charge < -0.3 is 14.8 Å². The molecule has 1 amide bonds. The molecule has 0 aliphatic carbocycles. The summed E-state index contributed by atoms with van der Waals surface area (Å²) in [6.07, 6.45) is -4.79. The Morgan fingerprint density at radius 2 is 1.52 bits per heavy atom. The first kappa shape index (κ1) is 24.8. The Morgan fingerprint density at radius 3 is 2.03 bits per heavy atom. The normalized spacial score (nSPS) is 16.8. The van der Waals surface area contributed by atoms with Crippen molar-refractivity contribution < 1.29 is 35.9 Å². The van der Waals surface area contributed by atoms with Crippen LogP contribution in [0, 0.1) is 0 Å². The van der Waals surface area contributed by atoms with Crippen LogP contribution < -0.4 is 14.8 Å². The highest BCUT2D eigenvalue weighted by Crippen LogP contribution is 2.24. The summed E-state index contributed by atoms with van der Waals surface area (Å²) < 4.78 is 72.7. The molecular formula is C21H24F3N3O5S. The number of nitrogens with one attached hydrogen (secondary N) is 1. The number of benzene rings is 2. The lowest BCUT2D eigenvalue weighted by Crippen LogP contribution is -2.53. The van der Waals surface area contributed by atoms with E-state index in [1.807, 2.05) is 4.90 Å². The highest BCUT2D eigenvalue weighted by atomic mass is 32.2. The van der Waals surface area contributed by atoms with E-state index in [2.05, 4.69) is 10.1 Å². The zero-order chi connectivity index (χ0) is 24.2. The molecule has 0 radical (unpaired) electrons. The molecule has 1 aliphatic rings. The number of amides is 1. The fourth-order valence-corrected chi connectivity index (χ4v) is 4.80. The second-order valence-corrected chi connectivity index (χ2v) is 9.29. The van der Waals surface area contributed by atoms with Crippen LogP contribution in [-0.4, -0.2) is 69.2 Å². The molecule has 1 saturated heterocycles. The Morgan fingerprint density at radius 1 is 0.970 bits per heavy atom. The summed E-state index contributed by atoms with van der Waals surface area (Å²) in [5.74, 6) is -0.185. The van der Waals surface area contributed by atoms with Gasteiger partial charge in [-0.25, -0.2) is 8.42 Å². The topological polar surface area (TPSA) is 88.2 Å². The monoisotopic (exact) mass is 487 g/mol. The molecule has 1 N–H and O–H groups in total. The first-order valence-electron chi connectivity index (χ1n) is 10.0. The van der Waals surface area contributed by atoms with Crippen molar-refractivity contribution in [1.82, 2.24) is 9.21 Å². The van der Waals surface area contributed by atoms with Gasteiger partial charge in [0.05, 0.1) is 18.0 Å². The zero-order valence-electron chi connectivity index (χ0n) is 18.0. The molecule has 8 nitrogen and oxygen atoms in total. The molecule has 0 bridgehead atoms. The number of hydrogen-bond acceptors (Lipinski definition) is 6. The van der Waals surface area contributed by atoms with E-state index in [0.29, 0.717) is 24.5 Å². The number of halogens is 3. The molecular weight excluding hydrogens is 463 g/mol. The van der Waals surface area contributed by atoms with Crippen LogP contribution in [0.2, 0.25) is 0 Å². The van der Waals surface area contributed by atoms with Crippen LogP contribution in [-0.2, 0) is 14.8 Å². The minimum atomic E-state index is -4.79. The Hall–Kier alpha value is -2.83. The smallest absolute Gasteiger partial charge is 0.497 e. The number of anilines is 1. The van der Waals surface area contributed by atoms with Crippen molar-refractivity contribution in [2.45, 2.75) is 24.2 Å². The molecule has 1 unspecified atom stereocenters. The Labute approximate surface area is 189 Å². The third kappa shape index (κ3) is 6.36. The van der Waals surface area contributed by atoms with Gasteiger partial charge in [0.2, 0.25) is 15.9 Å². The summed E-state index contributed by atoms with van der Waals surface area (Å²) in [5.41, 5.74) is 0.321. The molecule has 2 aromatic rings. The third-order valence-corrected chi connectivity index (χ3v) is 7.17. The van der Waals surface area contributed by atoms with Crippen LogP contribution in [0.3, 0.4) is 0 Å². The van der Waals surface area contributed by atoms with Gasteiger partial charge in [-0.05, 0) is 55.5 Å². The van der Waals surface area contributed by atoms with Gasteiger partial charge >= 0.3 is 6.36 Å². The summed E-state index contributed by atoms with van der Waals surface area (Å²) in [4.78, 5) is 14.6. The van der Waals surface area contributed by atoms with Gasteiger partial charge in [0.25, 0.3) is 0 Å². The molecule has 0 saturated carbocycles. The zero-order valence-corrected chi connectivity index (χ0v) is 18.8. The van der Waals surface area contributed by atoms with Gasteiger partial charge in [-0.3, -0.25) is 9.69 Å². The van der Waals surface area contributed by atoms with Gasteiger partial charge in [0, 0.05) is 31.9 Å². The van der Waals surface area contributed by atoms with Crippen LogP contribution in [0.1, 0.15) is 6.92 Å². The standard InChI is InChI=1S/C21H24F3N3O5S/c1-15(20(28)25-16-3-5-18(6-4-16)32-21(22,23)24)26-11-13-27(14-12-26)33(29,30)19-9-7-17(31-2)8-10-19/h3-10,15H,11-14H2,1-2H3,(H,25,28). The number of methoxy groups -OCH3 is 1. The molecule has 33 heavy (non-hydrogen) atoms. The number of ether oxygens (including phenoxy) is 2. The van der Waals surface area contributed by atoms with Crippen molar-refractivity contribution in [3.8, 4) is 11.5 Å². The molecule has 1 atom stereocenters. The highest BCUT2D eigenvalue weighted by Gasteiger charge is 2.32. The van der Waals surface area contributed by atoms with E-state index in [-0.39, 0.29) is 29.6 Å². The first-order valence-corrected chi connectivity index (χ1v) is 11.5. The van der Waals surface area contributed by atoms with Crippen LogP contribution in [0.15, 0.2) is 53.4 Å². The Bertz CT molecular complexity index is 1050. The summed E-state index contributed by atoms with van der Waals surface area (Å²) in [7, 11) is -2.17. The molecule has 1 aliphatic heterocycles. The van der Waals surface area contributed by atoms with E-state index < -0.39 is 22.4 Å². The molecule has 0 aromatic heterocycles. The predicted octanol–water partition coefficient (Wildman–Crippen LogP) is 2.93. The molecule has 180 valence electrons. The van der Waals surface area contributed by atoms with Crippen molar-refractivity contribution in [2.75, 3.05) is 38.6 Å². The quantitative estimate of drug-likeness (QED) is 0.646. The second-order valence-electron chi connectivity index (χ2n) is 7.35. The van der Waals surface area contributed by atoms with Gasteiger partial charge in [-0.2, -0.15) is 4.31 Å². The van der Waals surface area contributed by atoms with E-state index in [0.717, 1.165) is 12.1 Å². The maximum atomic E-state index is 12.9. The van der Waals surface area contributed by atoms with Crippen molar-refractivity contribution in [3.63, 3.8) is 0 Å². The molecule has 12 heteroatoms. The maximum absolute atomic E-state index is 12.9. The Kier molecular flexibility index (Phi) is 7.50. The average molecular weight is 488 g/mol. The third-order valence-electron chi connectivity index (χ3n) is 5.25. The molecule has 1 heterocycles. The van der Waals surface area contributed by atoms with Crippen molar-refractivity contribution in [1.29, 1.82) is 0 Å². The summed E-state index contributed by atoms with van der Waals surface area (Å²) in [6, 6.07) is 10.4. The van der Waals surface area contributed by atoms with E-state index in [9.17, 15) is 26.4 Å². The lowest BCUT2D eigenvalue weighted by molar-refractivity contribution is -0.274. The summed E-state index contributed by atoms with van der Waals surface area (Å²) in [5, 5.41) is 2.65. The first-order chi connectivity index (χ1) is 15.5. The largest absolute Gasteiger partial charge is 0.573 e. The fraction of sp³-hybridized carbons (Fsp3) is 0.381. The molecule has 2 aromatic carbocycles. The van der Waals surface area contributed by atoms with E-state index in [4.69, 9.17) is 4.74 Å². The van der Waals surface area contributed by atoms with E-state index in [1.54, 1.807) is 19.1 Å². The number of piperazine rings is 1. The Balaban J connectivity index is 1.55. The van der Waals surface area contributed by atoms with Gasteiger partial charge in [0.15, 0.2) is 0 Å². The molecule has 1 fully saturated rings. The lowest BCUT2D eigenvalue weighted by atomic mass is 10.2. The lowest BCUT2D eigenvalue weighted by Gasteiger charge is -2.36. The molecule has 0 spiro atoms. The number of sulfonamides is 1. The predicted molar refractivity (Wildman–Crippen MR) is 115 cm³/mol.